The first kappa shape index (κ1) is 13.7. The molecule has 0 radical (unpaired) electrons. The second kappa shape index (κ2) is 5.80. The fourth-order valence-corrected chi connectivity index (χ4v) is 1.90. The van der Waals surface area contributed by atoms with Gasteiger partial charge in [0, 0.05) is 25.6 Å². The van der Waals surface area contributed by atoms with Gasteiger partial charge in [-0.25, -0.2) is 0 Å². The summed E-state index contributed by atoms with van der Waals surface area (Å²) in [6.45, 7) is 6.72. The largest absolute Gasteiger partial charge is 0.330 e. The standard InChI is InChI=1S/C12H20N2O3/c1-4-5-10(15)8-13-6-7-14(9(2)3)12(17)11(13)16/h9H,4-8H2,1-3H3. The Bertz CT molecular complexity index is 326. The molecular weight excluding hydrogens is 220 g/mol. The zero-order chi connectivity index (χ0) is 13.0. The Morgan fingerprint density at radius 3 is 2.41 bits per heavy atom. The second-order valence-corrected chi connectivity index (χ2v) is 4.61. The number of rotatable bonds is 5. The molecule has 0 saturated carbocycles. The number of piperazine rings is 1. The molecule has 0 bridgehead atoms. The van der Waals surface area contributed by atoms with Gasteiger partial charge in [0.15, 0.2) is 5.78 Å². The molecule has 0 atom stereocenters. The third-order valence-corrected chi connectivity index (χ3v) is 2.86. The van der Waals surface area contributed by atoms with Crippen molar-refractivity contribution in [2.45, 2.75) is 39.7 Å². The molecule has 0 unspecified atom stereocenters. The van der Waals surface area contributed by atoms with Crippen molar-refractivity contribution in [1.29, 1.82) is 0 Å². The van der Waals surface area contributed by atoms with Gasteiger partial charge in [-0.05, 0) is 20.3 Å². The van der Waals surface area contributed by atoms with Crippen molar-refractivity contribution in [3.63, 3.8) is 0 Å². The molecule has 1 fully saturated rings. The molecule has 17 heavy (non-hydrogen) atoms. The molecule has 5 nitrogen and oxygen atoms in total. The summed E-state index contributed by atoms with van der Waals surface area (Å²) in [4.78, 5) is 37.9. The first-order chi connectivity index (χ1) is 7.97. The fraction of sp³-hybridized carbons (Fsp3) is 0.750. The SMILES string of the molecule is CCCC(=O)CN1CCN(C(C)C)C(=O)C1=O. The Morgan fingerprint density at radius 1 is 1.24 bits per heavy atom. The van der Waals surface area contributed by atoms with Gasteiger partial charge in [0.05, 0.1) is 6.54 Å². The van der Waals surface area contributed by atoms with Crippen LogP contribution in [-0.4, -0.2) is 53.1 Å². The molecule has 1 aliphatic heterocycles. The van der Waals surface area contributed by atoms with Crippen LogP contribution < -0.4 is 0 Å². The normalized spacial score (nSPS) is 16.9. The summed E-state index contributed by atoms with van der Waals surface area (Å²) in [5.41, 5.74) is 0. The lowest BCUT2D eigenvalue weighted by molar-refractivity contribution is -0.158. The highest BCUT2D eigenvalue weighted by molar-refractivity contribution is 6.35. The van der Waals surface area contributed by atoms with Crippen molar-refractivity contribution in [3.8, 4) is 0 Å². The molecule has 1 rings (SSSR count). The molecule has 0 aromatic carbocycles. The van der Waals surface area contributed by atoms with Crippen LogP contribution in [-0.2, 0) is 14.4 Å². The average molecular weight is 240 g/mol. The highest BCUT2D eigenvalue weighted by Gasteiger charge is 2.34. The van der Waals surface area contributed by atoms with Crippen LogP contribution >= 0.6 is 0 Å². The van der Waals surface area contributed by atoms with Crippen LogP contribution in [0.4, 0.5) is 0 Å². The van der Waals surface area contributed by atoms with Crippen molar-refractivity contribution >= 4 is 17.6 Å². The Hall–Kier alpha value is -1.39. The van der Waals surface area contributed by atoms with E-state index in [2.05, 4.69) is 0 Å². The van der Waals surface area contributed by atoms with Gasteiger partial charge in [-0.3, -0.25) is 14.4 Å². The van der Waals surface area contributed by atoms with Crippen LogP contribution in [0.15, 0.2) is 0 Å². The lowest BCUT2D eigenvalue weighted by Crippen LogP contribution is -2.57. The minimum Gasteiger partial charge on any atom is -0.330 e. The van der Waals surface area contributed by atoms with Crippen LogP contribution in [0.2, 0.25) is 0 Å². The predicted octanol–water partition coefficient (Wildman–Crippen LogP) is 0.435. The van der Waals surface area contributed by atoms with Gasteiger partial charge >= 0.3 is 11.8 Å². The van der Waals surface area contributed by atoms with E-state index in [-0.39, 0.29) is 18.4 Å². The van der Waals surface area contributed by atoms with Gasteiger partial charge in [0.1, 0.15) is 0 Å². The number of Topliss-reactive ketones (excluding diaryl/α,β-unsaturated/α-hetero) is 1. The molecule has 1 heterocycles. The minimum absolute atomic E-state index is 0.0200. The van der Waals surface area contributed by atoms with E-state index in [9.17, 15) is 14.4 Å². The van der Waals surface area contributed by atoms with Crippen LogP contribution in [0.3, 0.4) is 0 Å². The van der Waals surface area contributed by atoms with E-state index in [4.69, 9.17) is 0 Å². The van der Waals surface area contributed by atoms with Gasteiger partial charge in [0.2, 0.25) is 0 Å². The van der Waals surface area contributed by atoms with Crippen LogP contribution in [0.5, 0.6) is 0 Å². The molecular formula is C12H20N2O3. The first-order valence-electron chi connectivity index (χ1n) is 6.09. The third kappa shape index (κ3) is 3.28. The summed E-state index contributed by atoms with van der Waals surface area (Å²) < 4.78 is 0. The Morgan fingerprint density at radius 2 is 1.88 bits per heavy atom. The first-order valence-corrected chi connectivity index (χ1v) is 6.09. The lowest BCUT2D eigenvalue weighted by atomic mass is 10.2. The van der Waals surface area contributed by atoms with E-state index in [1.54, 1.807) is 4.90 Å². The number of ketones is 1. The van der Waals surface area contributed by atoms with Gasteiger partial charge in [-0.1, -0.05) is 6.92 Å². The number of nitrogens with zero attached hydrogens (tertiary/aromatic N) is 2. The van der Waals surface area contributed by atoms with E-state index in [0.29, 0.717) is 19.5 Å². The topological polar surface area (TPSA) is 57.7 Å². The average Bonchev–Trinajstić information content (AvgIpc) is 2.25. The van der Waals surface area contributed by atoms with Crippen molar-refractivity contribution in [2.75, 3.05) is 19.6 Å². The maximum atomic E-state index is 11.8. The molecule has 0 N–H and O–H groups in total. The Labute approximate surface area is 102 Å². The summed E-state index contributed by atoms with van der Waals surface area (Å²) in [5, 5.41) is 0. The minimum atomic E-state index is -0.547. The molecule has 0 aromatic rings. The van der Waals surface area contributed by atoms with Crippen LogP contribution in [0, 0.1) is 0 Å². The molecule has 1 aliphatic rings. The Kier molecular flexibility index (Phi) is 4.66. The van der Waals surface area contributed by atoms with Gasteiger partial charge in [-0.2, -0.15) is 0 Å². The number of hydrogen-bond donors (Lipinski definition) is 0. The van der Waals surface area contributed by atoms with E-state index in [1.165, 1.54) is 4.90 Å². The summed E-state index contributed by atoms with van der Waals surface area (Å²) in [6, 6.07) is 0.0277. The van der Waals surface area contributed by atoms with Crippen LogP contribution in [0.1, 0.15) is 33.6 Å². The maximum Gasteiger partial charge on any atom is 0.312 e. The van der Waals surface area contributed by atoms with Crippen LogP contribution in [0.25, 0.3) is 0 Å². The highest BCUT2D eigenvalue weighted by atomic mass is 16.2. The van der Waals surface area contributed by atoms with Crippen molar-refractivity contribution in [2.24, 2.45) is 0 Å². The quantitative estimate of drug-likeness (QED) is 0.655. The molecule has 96 valence electrons. The highest BCUT2D eigenvalue weighted by Crippen LogP contribution is 2.09. The molecule has 0 aliphatic carbocycles. The summed E-state index contributed by atoms with van der Waals surface area (Å²) in [5.74, 6) is -1.02. The number of carbonyl (C=O) groups is 3. The van der Waals surface area contributed by atoms with E-state index < -0.39 is 11.8 Å². The van der Waals surface area contributed by atoms with Crippen molar-refractivity contribution in [3.05, 3.63) is 0 Å². The van der Waals surface area contributed by atoms with Gasteiger partial charge < -0.3 is 9.80 Å². The zero-order valence-electron chi connectivity index (χ0n) is 10.7. The van der Waals surface area contributed by atoms with Crippen molar-refractivity contribution in [1.82, 2.24) is 9.80 Å². The van der Waals surface area contributed by atoms with E-state index in [1.807, 2.05) is 20.8 Å². The molecule has 2 amide bonds. The molecule has 5 heteroatoms. The zero-order valence-corrected chi connectivity index (χ0v) is 10.7. The summed E-state index contributed by atoms with van der Waals surface area (Å²) in [7, 11) is 0. The molecule has 1 saturated heterocycles. The summed E-state index contributed by atoms with van der Waals surface area (Å²) >= 11 is 0. The fourth-order valence-electron chi connectivity index (χ4n) is 1.90. The Balaban J connectivity index is 2.60. The molecule has 0 spiro atoms. The number of amides is 2. The predicted molar refractivity (Wildman–Crippen MR) is 63.3 cm³/mol. The number of hydrogen-bond acceptors (Lipinski definition) is 3. The third-order valence-electron chi connectivity index (χ3n) is 2.86. The van der Waals surface area contributed by atoms with Crippen molar-refractivity contribution < 1.29 is 14.4 Å². The summed E-state index contributed by atoms with van der Waals surface area (Å²) in [6.07, 6.45) is 1.23. The van der Waals surface area contributed by atoms with Gasteiger partial charge in [-0.15, -0.1) is 0 Å². The smallest absolute Gasteiger partial charge is 0.312 e. The maximum absolute atomic E-state index is 11.8. The lowest BCUT2D eigenvalue weighted by Gasteiger charge is -2.35. The monoisotopic (exact) mass is 240 g/mol. The number of carbonyl (C=O) groups excluding carboxylic acids is 3. The molecule has 0 aromatic heterocycles. The van der Waals surface area contributed by atoms with E-state index >= 15 is 0 Å². The van der Waals surface area contributed by atoms with Gasteiger partial charge in [0.25, 0.3) is 0 Å². The second-order valence-electron chi connectivity index (χ2n) is 4.61. The van der Waals surface area contributed by atoms with E-state index in [0.717, 1.165) is 6.42 Å².